The molecule has 1 aromatic heterocycles. The van der Waals surface area contributed by atoms with E-state index in [9.17, 15) is 9.59 Å². The van der Waals surface area contributed by atoms with Gasteiger partial charge in [0, 0.05) is 19.2 Å². The van der Waals surface area contributed by atoms with E-state index in [1.165, 1.54) is 23.4 Å². The van der Waals surface area contributed by atoms with Crippen LogP contribution in [0.5, 0.6) is 11.5 Å². The van der Waals surface area contributed by atoms with E-state index < -0.39 is 0 Å². The zero-order valence-electron chi connectivity index (χ0n) is 16.8. The molecule has 0 aliphatic carbocycles. The van der Waals surface area contributed by atoms with Gasteiger partial charge in [-0.3, -0.25) is 14.2 Å². The van der Waals surface area contributed by atoms with Gasteiger partial charge in [0.05, 0.1) is 36.6 Å². The topological polar surface area (TPSA) is 103 Å². The van der Waals surface area contributed by atoms with E-state index in [2.05, 4.69) is 10.3 Å². The van der Waals surface area contributed by atoms with Gasteiger partial charge in [-0.05, 0) is 30.7 Å². The fourth-order valence-corrected chi connectivity index (χ4v) is 3.73. The highest BCUT2D eigenvalue weighted by molar-refractivity contribution is 7.99. The molecule has 1 amide bonds. The number of para-hydroxylation sites is 1. The van der Waals surface area contributed by atoms with Gasteiger partial charge in [-0.25, -0.2) is 4.98 Å². The molecule has 0 radical (unpaired) electrons. The summed E-state index contributed by atoms with van der Waals surface area (Å²) in [6.07, 6.45) is 0.419. The van der Waals surface area contributed by atoms with Crippen molar-refractivity contribution < 1.29 is 19.4 Å². The highest BCUT2D eigenvalue weighted by Gasteiger charge is 2.14. The summed E-state index contributed by atoms with van der Waals surface area (Å²) in [5.74, 6) is 0.891. The van der Waals surface area contributed by atoms with Crippen molar-refractivity contribution in [3.63, 3.8) is 0 Å². The lowest BCUT2D eigenvalue weighted by Gasteiger charge is -2.13. The monoisotopic (exact) mass is 429 g/mol. The Morgan fingerprint density at radius 3 is 2.73 bits per heavy atom. The number of hydrogen-bond acceptors (Lipinski definition) is 7. The predicted molar refractivity (Wildman–Crippen MR) is 117 cm³/mol. The van der Waals surface area contributed by atoms with Crippen molar-refractivity contribution in [1.82, 2.24) is 9.55 Å². The molecular weight excluding hydrogens is 406 g/mol. The van der Waals surface area contributed by atoms with Crippen molar-refractivity contribution in [1.29, 1.82) is 0 Å². The van der Waals surface area contributed by atoms with E-state index in [1.807, 2.05) is 6.07 Å². The Morgan fingerprint density at radius 2 is 2.00 bits per heavy atom. The van der Waals surface area contributed by atoms with E-state index in [4.69, 9.17) is 14.6 Å². The van der Waals surface area contributed by atoms with Crippen LogP contribution in [-0.4, -0.2) is 47.1 Å². The molecule has 2 N–H and O–H groups in total. The summed E-state index contributed by atoms with van der Waals surface area (Å²) in [6.45, 7) is 0.282. The van der Waals surface area contributed by atoms with Crippen molar-refractivity contribution in [3.05, 3.63) is 52.8 Å². The van der Waals surface area contributed by atoms with Crippen LogP contribution < -0.4 is 20.3 Å². The molecule has 0 aliphatic heterocycles. The largest absolute Gasteiger partial charge is 0.497 e. The maximum atomic E-state index is 12.8. The lowest BCUT2D eigenvalue weighted by molar-refractivity contribution is -0.113. The van der Waals surface area contributed by atoms with Crippen molar-refractivity contribution in [2.75, 3.05) is 31.9 Å². The highest BCUT2D eigenvalue weighted by atomic mass is 32.2. The van der Waals surface area contributed by atoms with Crippen molar-refractivity contribution in [2.24, 2.45) is 0 Å². The minimum absolute atomic E-state index is 0.0406. The second-order valence-corrected chi connectivity index (χ2v) is 7.29. The number of aliphatic hydroxyl groups excluding tert-OH is 1. The Bertz CT molecular complexity index is 1100. The number of amides is 1. The first-order chi connectivity index (χ1) is 14.6. The number of nitrogens with one attached hydrogen (secondary N) is 1. The van der Waals surface area contributed by atoms with Crippen molar-refractivity contribution in [3.8, 4) is 11.5 Å². The summed E-state index contributed by atoms with van der Waals surface area (Å²) in [5, 5.41) is 12.9. The lowest BCUT2D eigenvalue weighted by atomic mass is 10.2. The summed E-state index contributed by atoms with van der Waals surface area (Å²) >= 11 is 1.17. The minimum Gasteiger partial charge on any atom is -0.497 e. The van der Waals surface area contributed by atoms with Crippen LogP contribution in [0.1, 0.15) is 6.42 Å². The zero-order chi connectivity index (χ0) is 21.5. The van der Waals surface area contributed by atoms with Gasteiger partial charge in [-0.2, -0.15) is 0 Å². The number of methoxy groups -OCH3 is 2. The average Bonchev–Trinajstić information content (AvgIpc) is 2.77. The van der Waals surface area contributed by atoms with E-state index in [-0.39, 0.29) is 23.8 Å². The molecule has 0 bridgehead atoms. The number of anilines is 1. The summed E-state index contributed by atoms with van der Waals surface area (Å²) < 4.78 is 12.0. The van der Waals surface area contributed by atoms with Gasteiger partial charge in [-0.1, -0.05) is 23.9 Å². The highest BCUT2D eigenvalue weighted by Crippen LogP contribution is 2.29. The summed E-state index contributed by atoms with van der Waals surface area (Å²) in [6, 6.07) is 12.2. The van der Waals surface area contributed by atoms with Gasteiger partial charge in [-0.15, -0.1) is 0 Å². The molecule has 30 heavy (non-hydrogen) atoms. The number of carbonyl (C=O) groups excluding carboxylic acids is 1. The molecule has 3 aromatic rings. The zero-order valence-corrected chi connectivity index (χ0v) is 17.6. The molecule has 0 unspecified atom stereocenters. The average molecular weight is 429 g/mol. The Morgan fingerprint density at radius 1 is 1.20 bits per heavy atom. The first-order valence-corrected chi connectivity index (χ1v) is 10.3. The summed E-state index contributed by atoms with van der Waals surface area (Å²) in [4.78, 5) is 29.9. The quantitative estimate of drug-likeness (QED) is 0.398. The Labute approximate surface area is 177 Å². The van der Waals surface area contributed by atoms with Crippen LogP contribution in [0.15, 0.2) is 52.4 Å². The number of aromatic nitrogens is 2. The van der Waals surface area contributed by atoms with Crippen molar-refractivity contribution in [2.45, 2.75) is 18.1 Å². The number of ether oxygens (including phenoxy) is 2. The van der Waals surface area contributed by atoms with E-state index >= 15 is 0 Å². The van der Waals surface area contributed by atoms with E-state index in [0.29, 0.717) is 46.2 Å². The Balaban J connectivity index is 1.79. The van der Waals surface area contributed by atoms with Crippen LogP contribution in [0.4, 0.5) is 5.69 Å². The van der Waals surface area contributed by atoms with E-state index in [1.54, 1.807) is 43.5 Å². The van der Waals surface area contributed by atoms with Crippen LogP contribution in [0.2, 0.25) is 0 Å². The third-order valence-corrected chi connectivity index (χ3v) is 5.36. The number of carbonyl (C=O) groups is 1. The Kier molecular flexibility index (Phi) is 7.31. The van der Waals surface area contributed by atoms with Crippen LogP contribution >= 0.6 is 11.8 Å². The lowest BCUT2D eigenvalue weighted by Crippen LogP contribution is -2.24. The van der Waals surface area contributed by atoms with Crippen LogP contribution in [0.3, 0.4) is 0 Å². The Hall–Kier alpha value is -3.04. The molecule has 0 atom stereocenters. The van der Waals surface area contributed by atoms with Gasteiger partial charge < -0.3 is 19.9 Å². The first-order valence-electron chi connectivity index (χ1n) is 9.32. The molecule has 0 aliphatic rings. The predicted octanol–water partition coefficient (Wildman–Crippen LogP) is 2.53. The molecular formula is C21H23N3O5S. The second-order valence-electron chi connectivity index (χ2n) is 6.35. The first kappa shape index (κ1) is 21.7. The smallest absolute Gasteiger partial charge is 0.262 e. The standard InChI is InChI=1S/C21H23N3O5S/c1-28-14-8-9-17(18(12-14)29-2)22-19(26)13-30-21-23-16-7-4-3-6-15(16)20(27)24(21)10-5-11-25/h3-4,6-9,12,25H,5,10-11,13H2,1-2H3,(H,22,26). The number of nitrogens with zero attached hydrogens (tertiary/aromatic N) is 2. The molecule has 2 aromatic carbocycles. The maximum Gasteiger partial charge on any atom is 0.262 e. The van der Waals surface area contributed by atoms with Gasteiger partial charge in [0.25, 0.3) is 5.56 Å². The fraction of sp³-hybridized carbons (Fsp3) is 0.286. The van der Waals surface area contributed by atoms with Crippen LogP contribution in [0.25, 0.3) is 10.9 Å². The van der Waals surface area contributed by atoms with Gasteiger partial charge in [0.2, 0.25) is 5.91 Å². The van der Waals surface area contributed by atoms with Gasteiger partial charge in [0.15, 0.2) is 5.16 Å². The summed E-state index contributed by atoms with van der Waals surface area (Å²) in [5.41, 5.74) is 0.907. The second kappa shape index (κ2) is 10.1. The number of thioether (sulfide) groups is 1. The maximum absolute atomic E-state index is 12.8. The molecule has 158 valence electrons. The van der Waals surface area contributed by atoms with Crippen LogP contribution in [0, 0.1) is 0 Å². The number of aliphatic hydroxyl groups is 1. The number of fused-ring (bicyclic) bond motifs is 1. The third kappa shape index (κ3) is 4.92. The number of rotatable bonds is 9. The van der Waals surface area contributed by atoms with Gasteiger partial charge in [0.1, 0.15) is 11.5 Å². The number of hydrogen-bond donors (Lipinski definition) is 2. The minimum atomic E-state index is -0.264. The molecule has 0 saturated carbocycles. The van der Waals surface area contributed by atoms with Crippen LogP contribution in [-0.2, 0) is 11.3 Å². The number of benzene rings is 2. The normalized spacial score (nSPS) is 10.8. The SMILES string of the molecule is COc1ccc(NC(=O)CSc2nc3ccccc3c(=O)n2CCCO)c(OC)c1. The molecule has 8 nitrogen and oxygen atoms in total. The molecule has 0 fully saturated rings. The summed E-state index contributed by atoms with van der Waals surface area (Å²) in [7, 11) is 3.06. The van der Waals surface area contributed by atoms with E-state index in [0.717, 1.165) is 0 Å². The molecule has 3 rings (SSSR count). The molecule has 1 heterocycles. The fourth-order valence-electron chi connectivity index (χ4n) is 2.90. The molecule has 9 heteroatoms. The van der Waals surface area contributed by atoms with Crippen molar-refractivity contribution >= 4 is 34.3 Å². The molecule has 0 saturated heterocycles. The third-order valence-electron chi connectivity index (χ3n) is 4.38. The molecule has 0 spiro atoms. The van der Waals surface area contributed by atoms with Gasteiger partial charge >= 0.3 is 0 Å².